The van der Waals surface area contributed by atoms with Crippen molar-refractivity contribution >= 4 is 33.2 Å². The lowest BCUT2D eigenvalue weighted by molar-refractivity contribution is 0.315. The van der Waals surface area contributed by atoms with E-state index in [1.54, 1.807) is 11.5 Å². The Morgan fingerprint density at radius 2 is 1.87 bits per heavy atom. The lowest BCUT2D eigenvalue weighted by atomic mass is 9.79. The van der Waals surface area contributed by atoms with E-state index in [-0.39, 0.29) is 0 Å². The highest BCUT2D eigenvalue weighted by Crippen LogP contribution is 2.43. The van der Waals surface area contributed by atoms with Gasteiger partial charge in [-0.3, -0.25) is 14.5 Å². The van der Waals surface area contributed by atoms with Gasteiger partial charge in [0.15, 0.2) is 5.82 Å². The Balaban J connectivity index is 1.30. The molecule has 0 N–H and O–H groups in total. The van der Waals surface area contributed by atoms with Gasteiger partial charge in [-0.2, -0.15) is 4.37 Å². The molecule has 1 aliphatic heterocycles. The number of fused-ring (bicyclic) bond motifs is 4. The van der Waals surface area contributed by atoms with Crippen LogP contribution in [0.3, 0.4) is 0 Å². The molecule has 1 saturated carbocycles. The Kier molecular flexibility index (Phi) is 4.78. The van der Waals surface area contributed by atoms with Gasteiger partial charge in [-0.25, -0.2) is 0 Å². The topological polar surface area (TPSA) is 59.7 Å². The molecule has 0 atom stereocenters. The summed E-state index contributed by atoms with van der Waals surface area (Å²) in [6.07, 6.45) is 8.26. The van der Waals surface area contributed by atoms with Crippen molar-refractivity contribution in [3.05, 3.63) is 64.6 Å². The Hall–Kier alpha value is -2.35. The number of benzene rings is 1. The number of rotatable bonds is 2. The van der Waals surface area contributed by atoms with Crippen LogP contribution < -0.4 is 0 Å². The molecule has 6 rings (SSSR count). The first-order valence-corrected chi connectivity index (χ1v) is 11.9. The van der Waals surface area contributed by atoms with E-state index in [0.29, 0.717) is 11.8 Å². The molecule has 3 aromatic heterocycles. The Bertz CT molecular complexity index is 1260. The first-order valence-electron chi connectivity index (χ1n) is 10.8. The molecule has 0 bridgehead atoms. The first-order chi connectivity index (χ1) is 15.2. The monoisotopic (exact) mass is 450 g/mol. The van der Waals surface area contributed by atoms with Crippen molar-refractivity contribution in [3.8, 4) is 5.69 Å². The lowest BCUT2D eigenvalue weighted by Crippen LogP contribution is -2.17. The van der Waals surface area contributed by atoms with E-state index in [0.717, 1.165) is 55.4 Å². The van der Waals surface area contributed by atoms with E-state index < -0.39 is 0 Å². The molecule has 158 valence electrons. The van der Waals surface area contributed by atoms with Crippen LogP contribution in [0.5, 0.6) is 0 Å². The maximum atomic E-state index is 6.31. The number of aromatic nitrogens is 5. The van der Waals surface area contributed by atoms with Crippen LogP contribution in [0.4, 0.5) is 0 Å². The maximum absolute atomic E-state index is 6.31. The van der Waals surface area contributed by atoms with Gasteiger partial charge in [-0.1, -0.05) is 11.6 Å². The molecule has 0 spiro atoms. The molecule has 6 nitrogen and oxygen atoms in total. The van der Waals surface area contributed by atoms with E-state index in [4.69, 9.17) is 16.0 Å². The normalized spacial score (nSPS) is 21.6. The smallest absolute Gasteiger partial charge is 0.151 e. The molecule has 1 fully saturated rings. The second-order valence-corrected chi connectivity index (χ2v) is 9.98. The Morgan fingerprint density at radius 3 is 2.74 bits per heavy atom. The number of hydrogen-bond acceptors (Lipinski definition) is 6. The molecule has 4 aromatic rings. The maximum Gasteiger partial charge on any atom is 0.151 e. The summed E-state index contributed by atoms with van der Waals surface area (Å²) in [4.78, 5) is 6.51. The summed E-state index contributed by atoms with van der Waals surface area (Å²) >= 11 is 7.87. The van der Waals surface area contributed by atoms with Crippen molar-refractivity contribution in [2.75, 3.05) is 7.05 Å². The van der Waals surface area contributed by atoms with Crippen molar-refractivity contribution in [1.29, 1.82) is 0 Å². The zero-order valence-electron chi connectivity index (χ0n) is 17.3. The molecule has 0 saturated heterocycles. The summed E-state index contributed by atoms with van der Waals surface area (Å²) in [7, 11) is 2.12. The van der Waals surface area contributed by atoms with Crippen LogP contribution in [0.25, 0.3) is 15.8 Å². The molecule has 31 heavy (non-hydrogen) atoms. The predicted octanol–water partition coefficient (Wildman–Crippen LogP) is 5.31. The minimum Gasteiger partial charge on any atom is -0.295 e. The van der Waals surface area contributed by atoms with Gasteiger partial charge in [-0.05, 0) is 74.1 Å². The van der Waals surface area contributed by atoms with Crippen LogP contribution >= 0.6 is 23.1 Å². The number of halogens is 1. The van der Waals surface area contributed by atoms with E-state index in [2.05, 4.69) is 49.9 Å². The zero-order valence-corrected chi connectivity index (χ0v) is 18.9. The third kappa shape index (κ3) is 3.35. The van der Waals surface area contributed by atoms with Gasteiger partial charge < -0.3 is 0 Å². The molecule has 1 aromatic carbocycles. The standard InChI is InChI=1S/C23H23ClN6S/c1-29-12-16-10-17(24)6-7-19(16)30-21(13-29)26-27-23(30)15-4-2-14(3-5-15)22-18-8-9-25-11-20(18)31-28-22/h6-11,14-15H,2-5,12-13H2,1H3. The lowest BCUT2D eigenvalue weighted by Gasteiger charge is -2.27. The molecular weight excluding hydrogens is 428 g/mol. The average Bonchev–Trinajstić information content (AvgIpc) is 3.35. The highest BCUT2D eigenvalue weighted by atomic mass is 35.5. The quantitative estimate of drug-likeness (QED) is 0.414. The molecule has 0 amide bonds. The highest BCUT2D eigenvalue weighted by Gasteiger charge is 2.31. The van der Waals surface area contributed by atoms with Crippen LogP contribution in [0.2, 0.25) is 5.02 Å². The minimum atomic E-state index is 0.413. The predicted molar refractivity (Wildman–Crippen MR) is 123 cm³/mol. The average molecular weight is 451 g/mol. The molecule has 4 heterocycles. The van der Waals surface area contributed by atoms with E-state index in [1.807, 2.05) is 18.5 Å². The summed E-state index contributed by atoms with van der Waals surface area (Å²) in [5, 5.41) is 11.3. The highest BCUT2D eigenvalue weighted by molar-refractivity contribution is 7.13. The molecule has 1 aliphatic carbocycles. The third-order valence-electron chi connectivity index (χ3n) is 6.67. The SMILES string of the molecule is CN1Cc2cc(Cl)ccc2-n2c(nnc2C2CCC(c3nsc4cnccc34)CC2)C1. The minimum absolute atomic E-state index is 0.413. The van der Waals surface area contributed by atoms with Crippen LogP contribution in [0.1, 0.15) is 60.4 Å². The van der Waals surface area contributed by atoms with E-state index in [9.17, 15) is 0 Å². The van der Waals surface area contributed by atoms with E-state index in [1.165, 1.54) is 27.0 Å². The molecule has 8 heteroatoms. The van der Waals surface area contributed by atoms with Gasteiger partial charge in [0.25, 0.3) is 0 Å². The number of nitrogens with zero attached hydrogens (tertiary/aromatic N) is 6. The van der Waals surface area contributed by atoms with Crippen molar-refractivity contribution in [1.82, 2.24) is 29.0 Å². The summed E-state index contributed by atoms with van der Waals surface area (Å²) in [6, 6.07) is 8.27. The second kappa shape index (κ2) is 7.65. The van der Waals surface area contributed by atoms with Crippen molar-refractivity contribution in [3.63, 3.8) is 0 Å². The van der Waals surface area contributed by atoms with Crippen LogP contribution in [-0.4, -0.2) is 36.1 Å². The summed E-state index contributed by atoms with van der Waals surface area (Å²) in [5.41, 5.74) is 3.65. The fraction of sp³-hybridized carbons (Fsp3) is 0.391. The molecule has 0 radical (unpaired) electrons. The summed E-state index contributed by atoms with van der Waals surface area (Å²) < 4.78 is 8.26. The summed E-state index contributed by atoms with van der Waals surface area (Å²) in [5.74, 6) is 3.03. The second-order valence-electron chi connectivity index (χ2n) is 8.74. The zero-order chi connectivity index (χ0) is 20.9. The van der Waals surface area contributed by atoms with Crippen LogP contribution in [0.15, 0.2) is 36.7 Å². The van der Waals surface area contributed by atoms with Gasteiger partial charge in [0.1, 0.15) is 5.82 Å². The fourth-order valence-corrected chi connectivity index (χ4v) is 6.20. The van der Waals surface area contributed by atoms with Crippen LogP contribution in [-0.2, 0) is 13.1 Å². The number of pyridine rings is 1. The third-order valence-corrected chi connectivity index (χ3v) is 7.72. The van der Waals surface area contributed by atoms with Gasteiger partial charge in [0.2, 0.25) is 0 Å². The van der Waals surface area contributed by atoms with Crippen molar-refractivity contribution in [2.45, 2.75) is 50.6 Å². The molecule has 2 aliphatic rings. The van der Waals surface area contributed by atoms with Crippen molar-refractivity contribution < 1.29 is 0 Å². The summed E-state index contributed by atoms with van der Waals surface area (Å²) in [6.45, 7) is 1.64. The van der Waals surface area contributed by atoms with Gasteiger partial charge in [0.05, 0.1) is 22.6 Å². The van der Waals surface area contributed by atoms with E-state index >= 15 is 0 Å². The Morgan fingerprint density at radius 1 is 1.03 bits per heavy atom. The Labute approximate surface area is 190 Å². The number of hydrogen-bond donors (Lipinski definition) is 0. The van der Waals surface area contributed by atoms with Gasteiger partial charge in [-0.15, -0.1) is 10.2 Å². The van der Waals surface area contributed by atoms with Gasteiger partial charge >= 0.3 is 0 Å². The van der Waals surface area contributed by atoms with Crippen molar-refractivity contribution in [2.24, 2.45) is 0 Å². The molecule has 0 unspecified atom stereocenters. The van der Waals surface area contributed by atoms with Gasteiger partial charge in [0, 0.05) is 41.2 Å². The largest absolute Gasteiger partial charge is 0.295 e. The molecular formula is C23H23ClN6S. The fourth-order valence-electron chi connectivity index (χ4n) is 5.18. The van der Waals surface area contributed by atoms with Crippen LogP contribution in [0, 0.1) is 0 Å². The first kappa shape index (κ1) is 19.3.